The first-order chi connectivity index (χ1) is 6.38. The minimum absolute atomic E-state index is 0.121. The third kappa shape index (κ3) is 2.04. The summed E-state index contributed by atoms with van der Waals surface area (Å²) in [4.78, 5) is -0.121. The minimum Gasteiger partial charge on any atom is -0.392 e. The highest BCUT2D eigenvalue weighted by atomic mass is 32.1. The van der Waals surface area contributed by atoms with Crippen molar-refractivity contribution in [2.24, 2.45) is 0 Å². The monoisotopic (exact) mass is 222 g/mol. The first kappa shape index (κ1) is 11.4. The summed E-state index contributed by atoms with van der Waals surface area (Å²) in [6.45, 7) is 0.904. The van der Waals surface area contributed by atoms with Gasteiger partial charge in [0.1, 0.15) is 0 Å². The van der Waals surface area contributed by atoms with Crippen LogP contribution in [0.5, 0.6) is 0 Å². The van der Waals surface area contributed by atoms with Gasteiger partial charge in [0.05, 0.1) is 12.2 Å². The van der Waals surface area contributed by atoms with E-state index in [1.807, 2.05) is 0 Å². The van der Waals surface area contributed by atoms with Crippen LogP contribution in [0.25, 0.3) is 0 Å². The number of benzene rings is 1. The maximum atomic E-state index is 12.5. The van der Waals surface area contributed by atoms with Gasteiger partial charge in [0, 0.05) is 4.90 Å². The van der Waals surface area contributed by atoms with Gasteiger partial charge in [-0.25, -0.2) is 0 Å². The zero-order valence-corrected chi connectivity index (χ0v) is 8.28. The van der Waals surface area contributed by atoms with Crippen LogP contribution in [0, 0.1) is 6.92 Å². The number of aliphatic hydroxyl groups excluding tert-OH is 1. The molecule has 1 aromatic rings. The number of thiol groups is 1. The van der Waals surface area contributed by atoms with Gasteiger partial charge in [-0.1, -0.05) is 12.1 Å². The zero-order chi connectivity index (χ0) is 10.9. The van der Waals surface area contributed by atoms with E-state index in [1.165, 1.54) is 12.1 Å². The van der Waals surface area contributed by atoms with Crippen LogP contribution in [0.3, 0.4) is 0 Å². The Morgan fingerprint density at radius 1 is 1.36 bits per heavy atom. The third-order valence-corrected chi connectivity index (χ3v) is 2.50. The lowest BCUT2D eigenvalue weighted by Crippen LogP contribution is -2.11. The van der Waals surface area contributed by atoms with Crippen molar-refractivity contribution in [2.45, 2.75) is 24.6 Å². The molecule has 0 bridgehead atoms. The quantitative estimate of drug-likeness (QED) is 0.700. The molecule has 0 unspecified atom stereocenters. The highest BCUT2D eigenvalue weighted by molar-refractivity contribution is 7.80. The van der Waals surface area contributed by atoms with E-state index >= 15 is 0 Å². The normalized spacial score (nSPS) is 11.9. The zero-order valence-electron chi connectivity index (χ0n) is 7.39. The molecule has 0 heterocycles. The van der Waals surface area contributed by atoms with E-state index in [0.29, 0.717) is 5.56 Å². The summed E-state index contributed by atoms with van der Waals surface area (Å²) in [6, 6.07) is 2.76. The van der Waals surface area contributed by atoms with Crippen molar-refractivity contribution in [3.05, 3.63) is 28.8 Å². The molecule has 0 aliphatic rings. The van der Waals surface area contributed by atoms with Crippen molar-refractivity contribution < 1.29 is 18.3 Å². The molecule has 0 amide bonds. The number of halogens is 3. The molecule has 78 valence electrons. The van der Waals surface area contributed by atoms with Crippen molar-refractivity contribution in [2.75, 3.05) is 0 Å². The van der Waals surface area contributed by atoms with Crippen LogP contribution >= 0.6 is 12.6 Å². The molecule has 0 atom stereocenters. The Bertz CT molecular complexity index is 347. The maximum Gasteiger partial charge on any atom is 0.417 e. The Morgan fingerprint density at radius 2 is 1.93 bits per heavy atom. The predicted octanol–water partition coefficient (Wildman–Crippen LogP) is 2.79. The largest absolute Gasteiger partial charge is 0.417 e. The molecule has 0 aromatic heterocycles. The van der Waals surface area contributed by atoms with Crippen LogP contribution in [0.4, 0.5) is 13.2 Å². The van der Waals surface area contributed by atoms with Crippen LogP contribution in [-0.2, 0) is 12.8 Å². The van der Waals surface area contributed by atoms with Gasteiger partial charge in [-0.3, -0.25) is 0 Å². The SMILES string of the molecule is Cc1ccc(CO)c(C(F)(F)F)c1S. The van der Waals surface area contributed by atoms with E-state index < -0.39 is 18.3 Å². The summed E-state index contributed by atoms with van der Waals surface area (Å²) in [5.41, 5.74) is -0.547. The molecule has 1 nitrogen and oxygen atoms in total. The molecule has 14 heavy (non-hydrogen) atoms. The van der Waals surface area contributed by atoms with Crippen molar-refractivity contribution in [1.82, 2.24) is 0 Å². The summed E-state index contributed by atoms with van der Waals surface area (Å²) < 4.78 is 37.5. The van der Waals surface area contributed by atoms with Crippen LogP contribution in [-0.4, -0.2) is 5.11 Å². The standard InChI is InChI=1S/C9H9F3OS/c1-5-2-3-6(4-13)7(8(5)14)9(10,11)12/h2-3,13-14H,4H2,1H3. The van der Waals surface area contributed by atoms with Gasteiger partial charge >= 0.3 is 6.18 Å². The van der Waals surface area contributed by atoms with E-state index in [0.717, 1.165) is 0 Å². The lowest BCUT2D eigenvalue weighted by molar-refractivity contribution is -0.140. The Balaban J connectivity index is 3.44. The van der Waals surface area contributed by atoms with Crippen molar-refractivity contribution >= 4 is 12.6 Å². The summed E-state index contributed by atoms with van der Waals surface area (Å²) in [5, 5.41) is 8.76. The Kier molecular flexibility index (Phi) is 3.11. The number of rotatable bonds is 1. The number of hydrogen-bond donors (Lipinski definition) is 2. The topological polar surface area (TPSA) is 20.2 Å². The van der Waals surface area contributed by atoms with E-state index in [1.54, 1.807) is 6.92 Å². The maximum absolute atomic E-state index is 12.5. The molecule has 1 rings (SSSR count). The molecule has 5 heteroatoms. The molecule has 0 fully saturated rings. The second kappa shape index (κ2) is 3.82. The van der Waals surface area contributed by atoms with Gasteiger partial charge < -0.3 is 5.11 Å². The lowest BCUT2D eigenvalue weighted by atomic mass is 10.0. The third-order valence-electron chi connectivity index (χ3n) is 1.92. The number of alkyl halides is 3. The van der Waals surface area contributed by atoms with Crippen LogP contribution in [0.1, 0.15) is 16.7 Å². The fourth-order valence-electron chi connectivity index (χ4n) is 1.19. The summed E-state index contributed by atoms with van der Waals surface area (Å²) in [7, 11) is 0. The molecule has 1 aromatic carbocycles. The molecular formula is C9H9F3OS. The summed E-state index contributed by atoms with van der Waals surface area (Å²) in [5.74, 6) is 0. The van der Waals surface area contributed by atoms with Crippen LogP contribution < -0.4 is 0 Å². The average Bonchev–Trinajstić information content (AvgIpc) is 2.07. The molecule has 0 spiro atoms. The smallest absolute Gasteiger partial charge is 0.392 e. The number of hydrogen-bond acceptors (Lipinski definition) is 2. The second-order valence-corrected chi connectivity index (χ2v) is 3.37. The molecule has 1 N–H and O–H groups in total. The van der Waals surface area contributed by atoms with Gasteiger partial charge in [-0.05, 0) is 18.1 Å². The van der Waals surface area contributed by atoms with Gasteiger partial charge in [0.15, 0.2) is 0 Å². The van der Waals surface area contributed by atoms with Gasteiger partial charge in [0.25, 0.3) is 0 Å². The Morgan fingerprint density at radius 3 is 2.36 bits per heavy atom. The summed E-state index contributed by atoms with van der Waals surface area (Å²) >= 11 is 3.80. The van der Waals surface area contributed by atoms with Crippen LogP contribution in [0.2, 0.25) is 0 Å². The molecule has 0 aliphatic heterocycles. The molecule has 0 radical (unpaired) electrons. The first-order valence-corrected chi connectivity index (χ1v) is 4.32. The second-order valence-electron chi connectivity index (χ2n) is 2.92. The molecule has 0 saturated carbocycles. The fourth-order valence-corrected chi connectivity index (χ4v) is 1.53. The summed E-state index contributed by atoms with van der Waals surface area (Å²) in [6.07, 6.45) is -4.47. The average molecular weight is 222 g/mol. The highest BCUT2D eigenvalue weighted by Gasteiger charge is 2.35. The van der Waals surface area contributed by atoms with Gasteiger partial charge in [0.2, 0.25) is 0 Å². The minimum atomic E-state index is -4.47. The molecule has 0 aliphatic carbocycles. The Hall–Kier alpha value is -0.680. The van der Waals surface area contributed by atoms with E-state index in [4.69, 9.17) is 5.11 Å². The van der Waals surface area contributed by atoms with E-state index in [-0.39, 0.29) is 10.5 Å². The predicted molar refractivity (Wildman–Crippen MR) is 49.4 cm³/mol. The lowest BCUT2D eigenvalue weighted by Gasteiger charge is -2.15. The molecular weight excluding hydrogens is 213 g/mol. The number of aryl methyl sites for hydroxylation is 1. The van der Waals surface area contributed by atoms with E-state index in [9.17, 15) is 13.2 Å². The Labute approximate surface area is 85.0 Å². The van der Waals surface area contributed by atoms with Crippen molar-refractivity contribution in [1.29, 1.82) is 0 Å². The van der Waals surface area contributed by atoms with Gasteiger partial charge in [-0.15, -0.1) is 12.6 Å². The number of aliphatic hydroxyl groups is 1. The van der Waals surface area contributed by atoms with E-state index in [2.05, 4.69) is 12.6 Å². The van der Waals surface area contributed by atoms with Crippen LogP contribution in [0.15, 0.2) is 17.0 Å². The van der Waals surface area contributed by atoms with Crippen molar-refractivity contribution in [3.8, 4) is 0 Å². The fraction of sp³-hybridized carbons (Fsp3) is 0.333. The molecule has 0 saturated heterocycles. The van der Waals surface area contributed by atoms with Crippen molar-refractivity contribution in [3.63, 3.8) is 0 Å². The van der Waals surface area contributed by atoms with Gasteiger partial charge in [-0.2, -0.15) is 13.2 Å². The highest BCUT2D eigenvalue weighted by Crippen LogP contribution is 2.37. The first-order valence-electron chi connectivity index (χ1n) is 3.87.